The summed E-state index contributed by atoms with van der Waals surface area (Å²) < 4.78 is 5.95. The van der Waals surface area contributed by atoms with Crippen molar-refractivity contribution in [3.05, 3.63) is 29.8 Å². The first kappa shape index (κ1) is 13.6. The van der Waals surface area contributed by atoms with Gasteiger partial charge in [0.2, 0.25) is 0 Å². The van der Waals surface area contributed by atoms with Gasteiger partial charge in [-0.15, -0.1) is 0 Å². The van der Waals surface area contributed by atoms with E-state index in [2.05, 4.69) is 34.1 Å². The normalized spacial score (nSPS) is 35.9. The number of para-hydroxylation sites is 1. The molecular formula is C17H25N3O. The fourth-order valence-corrected chi connectivity index (χ4v) is 4.55. The second-order valence-electron chi connectivity index (χ2n) is 6.72. The molecule has 2 N–H and O–H groups in total. The molecule has 3 heterocycles. The van der Waals surface area contributed by atoms with Crippen LogP contribution < -0.4 is 10.5 Å². The number of rotatable bonds is 2. The minimum Gasteiger partial charge on any atom is -0.492 e. The van der Waals surface area contributed by atoms with E-state index in [0.717, 1.165) is 37.9 Å². The summed E-state index contributed by atoms with van der Waals surface area (Å²) in [6.07, 6.45) is 2.51. The molecule has 3 aliphatic rings. The van der Waals surface area contributed by atoms with E-state index in [0.29, 0.717) is 0 Å². The van der Waals surface area contributed by atoms with Crippen molar-refractivity contribution in [3.63, 3.8) is 0 Å². The number of ether oxygens (including phenoxy) is 1. The van der Waals surface area contributed by atoms with Gasteiger partial charge in [0.15, 0.2) is 0 Å². The molecule has 2 saturated heterocycles. The van der Waals surface area contributed by atoms with Gasteiger partial charge in [-0.2, -0.15) is 0 Å². The van der Waals surface area contributed by atoms with Crippen molar-refractivity contribution in [1.29, 1.82) is 0 Å². The number of piperidine rings is 1. The van der Waals surface area contributed by atoms with Crippen LogP contribution in [-0.2, 0) is 6.54 Å². The Morgan fingerprint density at radius 3 is 3.05 bits per heavy atom. The van der Waals surface area contributed by atoms with Crippen LogP contribution in [0.1, 0.15) is 18.4 Å². The van der Waals surface area contributed by atoms with Crippen molar-refractivity contribution in [2.45, 2.75) is 24.9 Å². The lowest BCUT2D eigenvalue weighted by atomic mass is 9.77. The predicted molar refractivity (Wildman–Crippen MR) is 83.3 cm³/mol. The van der Waals surface area contributed by atoms with Gasteiger partial charge in [0, 0.05) is 37.3 Å². The maximum absolute atomic E-state index is 6.32. The van der Waals surface area contributed by atoms with E-state index >= 15 is 0 Å². The van der Waals surface area contributed by atoms with Gasteiger partial charge in [0.1, 0.15) is 12.4 Å². The Morgan fingerprint density at radius 2 is 2.14 bits per heavy atom. The van der Waals surface area contributed by atoms with Crippen molar-refractivity contribution in [1.82, 2.24) is 9.80 Å². The average Bonchev–Trinajstić information content (AvgIpc) is 2.80. The van der Waals surface area contributed by atoms with Crippen LogP contribution in [0.3, 0.4) is 0 Å². The summed E-state index contributed by atoms with van der Waals surface area (Å²) in [6, 6.07) is 8.45. The number of hydrogen-bond acceptors (Lipinski definition) is 4. The van der Waals surface area contributed by atoms with Gasteiger partial charge in [-0.25, -0.2) is 0 Å². The van der Waals surface area contributed by atoms with Crippen LogP contribution in [0.4, 0.5) is 0 Å². The van der Waals surface area contributed by atoms with E-state index in [4.69, 9.17) is 10.5 Å². The van der Waals surface area contributed by atoms with Gasteiger partial charge in [0.05, 0.1) is 0 Å². The zero-order valence-electron chi connectivity index (χ0n) is 12.6. The molecule has 4 nitrogen and oxygen atoms in total. The number of nitrogens with two attached hydrogens (primary N) is 1. The monoisotopic (exact) mass is 287 g/mol. The van der Waals surface area contributed by atoms with Crippen molar-refractivity contribution in [2.75, 3.05) is 39.3 Å². The largest absolute Gasteiger partial charge is 0.492 e. The van der Waals surface area contributed by atoms with Crippen LogP contribution in [0.5, 0.6) is 5.75 Å². The molecule has 0 aliphatic carbocycles. The quantitative estimate of drug-likeness (QED) is 0.890. The van der Waals surface area contributed by atoms with Crippen molar-refractivity contribution in [3.8, 4) is 5.75 Å². The molecule has 4 rings (SSSR count). The topological polar surface area (TPSA) is 41.7 Å². The zero-order chi connectivity index (χ0) is 14.3. The molecule has 0 radical (unpaired) electrons. The second-order valence-corrected chi connectivity index (χ2v) is 6.72. The van der Waals surface area contributed by atoms with Crippen molar-refractivity contribution >= 4 is 0 Å². The highest BCUT2D eigenvalue weighted by molar-refractivity contribution is 5.34. The van der Waals surface area contributed by atoms with Gasteiger partial charge in [-0.3, -0.25) is 4.90 Å². The molecule has 0 spiro atoms. The summed E-state index contributed by atoms with van der Waals surface area (Å²) >= 11 is 0. The van der Waals surface area contributed by atoms with Gasteiger partial charge in [-0.05, 0) is 37.9 Å². The Labute approximate surface area is 126 Å². The van der Waals surface area contributed by atoms with Crippen molar-refractivity contribution < 1.29 is 4.74 Å². The summed E-state index contributed by atoms with van der Waals surface area (Å²) in [5, 5.41) is 0. The molecule has 3 unspecified atom stereocenters. The molecule has 0 saturated carbocycles. The number of fused-ring (bicyclic) bond motifs is 3. The van der Waals surface area contributed by atoms with Crippen LogP contribution in [0.2, 0.25) is 0 Å². The molecule has 1 aromatic carbocycles. The van der Waals surface area contributed by atoms with E-state index in [-0.39, 0.29) is 5.54 Å². The SMILES string of the molecule is NCC1(N2CCOc3ccccc3C2)CCN2CCC1C2. The molecule has 2 bridgehead atoms. The molecule has 2 fully saturated rings. The molecular weight excluding hydrogens is 262 g/mol. The lowest BCUT2D eigenvalue weighted by Gasteiger charge is -2.49. The van der Waals surface area contributed by atoms with E-state index < -0.39 is 0 Å². The smallest absolute Gasteiger partial charge is 0.123 e. The fourth-order valence-electron chi connectivity index (χ4n) is 4.55. The Kier molecular flexibility index (Phi) is 3.40. The molecule has 3 aliphatic heterocycles. The van der Waals surface area contributed by atoms with Gasteiger partial charge in [0.25, 0.3) is 0 Å². The van der Waals surface area contributed by atoms with Gasteiger partial charge in [-0.1, -0.05) is 18.2 Å². The molecule has 1 aromatic rings. The number of hydrogen-bond donors (Lipinski definition) is 1. The maximum atomic E-state index is 6.32. The Balaban J connectivity index is 1.65. The number of nitrogens with zero attached hydrogens (tertiary/aromatic N) is 2. The Bertz CT molecular complexity index is 521. The molecule has 21 heavy (non-hydrogen) atoms. The second kappa shape index (κ2) is 5.27. The third-order valence-electron chi connectivity index (χ3n) is 5.83. The molecule has 3 atom stereocenters. The van der Waals surface area contributed by atoms with E-state index in [9.17, 15) is 0 Å². The maximum Gasteiger partial charge on any atom is 0.123 e. The van der Waals surface area contributed by atoms with E-state index in [1.54, 1.807) is 0 Å². The first-order chi connectivity index (χ1) is 10.3. The first-order valence-corrected chi connectivity index (χ1v) is 8.20. The minimum atomic E-state index is 0.174. The lowest BCUT2D eigenvalue weighted by Crippen LogP contribution is -2.62. The fraction of sp³-hybridized carbons (Fsp3) is 0.647. The molecule has 114 valence electrons. The third kappa shape index (κ3) is 2.17. The average molecular weight is 287 g/mol. The van der Waals surface area contributed by atoms with E-state index in [1.807, 2.05) is 0 Å². The third-order valence-corrected chi connectivity index (χ3v) is 5.83. The first-order valence-electron chi connectivity index (χ1n) is 8.20. The van der Waals surface area contributed by atoms with Crippen LogP contribution in [0.15, 0.2) is 24.3 Å². The van der Waals surface area contributed by atoms with Crippen LogP contribution >= 0.6 is 0 Å². The summed E-state index contributed by atoms with van der Waals surface area (Å²) in [6.45, 7) is 7.20. The summed E-state index contributed by atoms with van der Waals surface area (Å²) in [5.41, 5.74) is 7.81. The summed E-state index contributed by atoms with van der Waals surface area (Å²) in [5.74, 6) is 1.78. The highest BCUT2D eigenvalue weighted by atomic mass is 16.5. The summed E-state index contributed by atoms with van der Waals surface area (Å²) in [4.78, 5) is 5.23. The standard InChI is InChI=1S/C17H25N3O/c18-13-17(6-8-19-7-5-15(17)12-19)20-9-10-21-16-4-2-1-3-14(16)11-20/h1-4,15H,5-13,18H2. The van der Waals surface area contributed by atoms with Crippen molar-refractivity contribution in [2.24, 2.45) is 11.7 Å². The Morgan fingerprint density at radius 1 is 1.24 bits per heavy atom. The Hall–Kier alpha value is -1.10. The highest BCUT2D eigenvalue weighted by Crippen LogP contribution is 2.41. The van der Waals surface area contributed by atoms with Gasteiger partial charge < -0.3 is 15.4 Å². The number of benzene rings is 1. The minimum absolute atomic E-state index is 0.174. The van der Waals surface area contributed by atoms with Crippen LogP contribution in [-0.4, -0.2) is 54.7 Å². The van der Waals surface area contributed by atoms with Crippen LogP contribution in [0, 0.1) is 5.92 Å². The van der Waals surface area contributed by atoms with E-state index in [1.165, 1.54) is 38.0 Å². The summed E-state index contributed by atoms with van der Waals surface area (Å²) in [7, 11) is 0. The predicted octanol–water partition coefficient (Wildman–Crippen LogP) is 1.30. The molecule has 0 amide bonds. The highest BCUT2D eigenvalue weighted by Gasteiger charge is 2.49. The van der Waals surface area contributed by atoms with Gasteiger partial charge >= 0.3 is 0 Å². The molecule has 0 aromatic heterocycles. The van der Waals surface area contributed by atoms with Crippen LogP contribution in [0.25, 0.3) is 0 Å². The lowest BCUT2D eigenvalue weighted by molar-refractivity contribution is -0.000787. The zero-order valence-corrected chi connectivity index (χ0v) is 12.6. The molecule has 4 heteroatoms.